The summed E-state index contributed by atoms with van der Waals surface area (Å²) in [5.74, 6) is 1.83. The van der Waals surface area contributed by atoms with Crippen molar-refractivity contribution in [1.82, 2.24) is 0 Å². The maximum Gasteiger partial charge on any atom is 0.124 e. The number of hydrogen-bond donors (Lipinski definition) is 1. The molecule has 1 aromatic carbocycles. The van der Waals surface area contributed by atoms with Gasteiger partial charge in [-0.2, -0.15) is 0 Å². The zero-order valence-corrected chi connectivity index (χ0v) is 9.95. The predicted octanol–water partition coefficient (Wildman–Crippen LogP) is 2.43. The molecular formula is C13H19NO2. The van der Waals surface area contributed by atoms with Gasteiger partial charge < -0.3 is 15.2 Å². The Morgan fingerprint density at radius 3 is 2.50 bits per heavy atom. The molecule has 2 rings (SSSR count). The van der Waals surface area contributed by atoms with E-state index in [0.717, 1.165) is 29.9 Å². The molecule has 0 aliphatic heterocycles. The fourth-order valence-corrected chi connectivity index (χ4v) is 2.47. The number of fused-ring (bicyclic) bond motifs is 1. The van der Waals surface area contributed by atoms with Crippen molar-refractivity contribution in [3.05, 3.63) is 23.3 Å². The molecule has 3 nitrogen and oxygen atoms in total. The van der Waals surface area contributed by atoms with Crippen LogP contribution in [-0.4, -0.2) is 14.2 Å². The maximum absolute atomic E-state index is 6.21. The van der Waals surface area contributed by atoms with Gasteiger partial charge in [-0.15, -0.1) is 0 Å². The average molecular weight is 221 g/mol. The third-order valence-corrected chi connectivity index (χ3v) is 3.28. The van der Waals surface area contributed by atoms with E-state index in [1.165, 1.54) is 18.4 Å². The van der Waals surface area contributed by atoms with E-state index in [1.54, 1.807) is 14.2 Å². The number of benzene rings is 1. The molecule has 0 radical (unpaired) electrons. The van der Waals surface area contributed by atoms with Crippen molar-refractivity contribution in [1.29, 1.82) is 0 Å². The Hall–Kier alpha value is -1.22. The van der Waals surface area contributed by atoms with Gasteiger partial charge >= 0.3 is 0 Å². The molecule has 16 heavy (non-hydrogen) atoms. The fourth-order valence-electron chi connectivity index (χ4n) is 2.47. The standard InChI is InChI=1S/C13H19NO2/c1-15-11-7-8-12(16-2)13-9(11)5-3-4-6-10(13)14/h7-8,10H,3-6,14H2,1-2H3/t10-/m0/s1. The third-order valence-electron chi connectivity index (χ3n) is 3.28. The van der Waals surface area contributed by atoms with Gasteiger partial charge in [-0.3, -0.25) is 0 Å². The van der Waals surface area contributed by atoms with Crippen molar-refractivity contribution in [2.45, 2.75) is 31.7 Å². The molecule has 2 N–H and O–H groups in total. The maximum atomic E-state index is 6.21. The van der Waals surface area contributed by atoms with Crippen LogP contribution in [0.3, 0.4) is 0 Å². The Labute approximate surface area is 96.5 Å². The Kier molecular flexibility index (Phi) is 3.34. The van der Waals surface area contributed by atoms with Crippen LogP contribution in [-0.2, 0) is 6.42 Å². The number of hydrogen-bond acceptors (Lipinski definition) is 3. The summed E-state index contributed by atoms with van der Waals surface area (Å²) in [5.41, 5.74) is 8.58. The largest absolute Gasteiger partial charge is 0.496 e. The van der Waals surface area contributed by atoms with Crippen LogP contribution >= 0.6 is 0 Å². The highest BCUT2D eigenvalue weighted by atomic mass is 16.5. The minimum atomic E-state index is 0.0718. The Balaban J connectivity index is 2.56. The minimum absolute atomic E-state index is 0.0718. The first-order valence-electron chi connectivity index (χ1n) is 5.77. The third kappa shape index (κ3) is 1.87. The molecule has 0 bridgehead atoms. The van der Waals surface area contributed by atoms with Crippen LogP contribution in [0.4, 0.5) is 0 Å². The van der Waals surface area contributed by atoms with E-state index in [4.69, 9.17) is 15.2 Å². The lowest BCUT2D eigenvalue weighted by molar-refractivity contribution is 0.391. The van der Waals surface area contributed by atoms with Crippen LogP contribution in [0.15, 0.2) is 12.1 Å². The molecule has 88 valence electrons. The average Bonchev–Trinajstić information content (AvgIpc) is 2.51. The van der Waals surface area contributed by atoms with E-state index in [2.05, 4.69) is 0 Å². The molecule has 0 heterocycles. The van der Waals surface area contributed by atoms with E-state index in [-0.39, 0.29) is 6.04 Å². The van der Waals surface area contributed by atoms with E-state index >= 15 is 0 Å². The summed E-state index contributed by atoms with van der Waals surface area (Å²) in [5, 5.41) is 0. The summed E-state index contributed by atoms with van der Waals surface area (Å²) in [6, 6.07) is 3.99. The number of rotatable bonds is 2. The summed E-state index contributed by atoms with van der Waals surface area (Å²) < 4.78 is 10.8. The van der Waals surface area contributed by atoms with Gasteiger partial charge in [-0.05, 0) is 31.4 Å². The molecule has 1 aliphatic carbocycles. The van der Waals surface area contributed by atoms with E-state index < -0.39 is 0 Å². The summed E-state index contributed by atoms with van der Waals surface area (Å²) in [6.07, 6.45) is 4.40. The SMILES string of the molecule is COc1ccc(OC)c2c1CCCC[C@@H]2N. The van der Waals surface area contributed by atoms with Gasteiger partial charge in [0, 0.05) is 17.2 Å². The molecule has 3 heteroatoms. The van der Waals surface area contributed by atoms with Crippen LogP contribution in [0.2, 0.25) is 0 Å². The van der Waals surface area contributed by atoms with Crippen LogP contribution in [0, 0.1) is 0 Å². The highest BCUT2D eigenvalue weighted by Crippen LogP contribution is 2.38. The molecule has 0 saturated carbocycles. The Morgan fingerprint density at radius 1 is 1.12 bits per heavy atom. The first-order valence-corrected chi connectivity index (χ1v) is 5.77. The van der Waals surface area contributed by atoms with Gasteiger partial charge in [0.2, 0.25) is 0 Å². The van der Waals surface area contributed by atoms with Crippen LogP contribution in [0.1, 0.15) is 36.4 Å². The quantitative estimate of drug-likeness (QED) is 0.780. The highest BCUT2D eigenvalue weighted by molar-refractivity contribution is 5.50. The molecule has 0 fully saturated rings. The van der Waals surface area contributed by atoms with Gasteiger partial charge in [0.1, 0.15) is 11.5 Å². The van der Waals surface area contributed by atoms with Crippen molar-refractivity contribution in [3.8, 4) is 11.5 Å². The smallest absolute Gasteiger partial charge is 0.124 e. The molecule has 0 spiro atoms. The van der Waals surface area contributed by atoms with Gasteiger partial charge in [0.05, 0.1) is 14.2 Å². The van der Waals surface area contributed by atoms with E-state index in [0.29, 0.717) is 0 Å². The Bertz CT molecular complexity index is 376. The molecule has 0 unspecified atom stereocenters. The van der Waals surface area contributed by atoms with Crippen LogP contribution in [0.25, 0.3) is 0 Å². The van der Waals surface area contributed by atoms with Crippen molar-refractivity contribution in [3.63, 3.8) is 0 Å². The van der Waals surface area contributed by atoms with E-state index in [9.17, 15) is 0 Å². The summed E-state index contributed by atoms with van der Waals surface area (Å²) >= 11 is 0. The monoisotopic (exact) mass is 221 g/mol. The topological polar surface area (TPSA) is 44.5 Å². The minimum Gasteiger partial charge on any atom is -0.496 e. The number of nitrogens with two attached hydrogens (primary N) is 1. The second kappa shape index (κ2) is 4.74. The normalized spacial score (nSPS) is 19.8. The Morgan fingerprint density at radius 2 is 1.81 bits per heavy atom. The summed E-state index contributed by atoms with van der Waals surface area (Å²) in [7, 11) is 3.40. The fraction of sp³-hybridized carbons (Fsp3) is 0.538. The first kappa shape index (κ1) is 11.3. The van der Waals surface area contributed by atoms with Crippen LogP contribution < -0.4 is 15.2 Å². The first-order chi connectivity index (χ1) is 7.77. The molecule has 0 amide bonds. The van der Waals surface area contributed by atoms with Crippen molar-refractivity contribution >= 4 is 0 Å². The lowest BCUT2D eigenvalue weighted by atomic mass is 9.97. The van der Waals surface area contributed by atoms with Crippen molar-refractivity contribution in [2.24, 2.45) is 5.73 Å². The molecule has 1 aliphatic rings. The summed E-state index contributed by atoms with van der Waals surface area (Å²) in [6.45, 7) is 0. The second-order valence-corrected chi connectivity index (χ2v) is 4.21. The van der Waals surface area contributed by atoms with Crippen molar-refractivity contribution in [2.75, 3.05) is 14.2 Å². The highest BCUT2D eigenvalue weighted by Gasteiger charge is 2.22. The predicted molar refractivity (Wildman–Crippen MR) is 64.0 cm³/mol. The molecular weight excluding hydrogens is 202 g/mol. The number of methoxy groups -OCH3 is 2. The molecule has 0 aromatic heterocycles. The second-order valence-electron chi connectivity index (χ2n) is 4.21. The molecule has 1 aromatic rings. The van der Waals surface area contributed by atoms with Crippen molar-refractivity contribution < 1.29 is 9.47 Å². The van der Waals surface area contributed by atoms with Crippen LogP contribution in [0.5, 0.6) is 11.5 Å². The summed E-state index contributed by atoms with van der Waals surface area (Å²) in [4.78, 5) is 0. The lowest BCUT2D eigenvalue weighted by Gasteiger charge is -2.19. The van der Waals surface area contributed by atoms with E-state index in [1.807, 2.05) is 12.1 Å². The zero-order valence-electron chi connectivity index (χ0n) is 9.95. The molecule has 0 saturated heterocycles. The van der Waals surface area contributed by atoms with Gasteiger partial charge in [-0.1, -0.05) is 6.42 Å². The van der Waals surface area contributed by atoms with Gasteiger partial charge in [0.25, 0.3) is 0 Å². The molecule has 1 atom stereocenters. The van der Waals surface area contributed by atoms with Gasteiger partial charge in [0.15, 0.2) is 0 Å². The van der Waals surface area contributed by atoms with Gasteiger partial charge in [-0.25, -0.2) is 0 Å². The zero-order chi connectivity index (χ0) is 11.5. The number of ether oxygens (including phenoxy) is 2. The lowest BCUT2D eigenvalue weighted by Crippen LogP contribution is -2.12.